The molecular weight excluding hydrogens is 412 g/mol. The molecule has 2 N–H and O–H groups in total. The summed E-state index contributed by atoms with van der Waals surface area (Å²) in [5.74, 6) is 1.67. The highest BCUT2D eigenvalue weighted by Crippen LogP contribution is 2.71. The van der Waals surface area contributed by atoms with Gasteiger partial charge in [0.1, 0.15) is 6.10 Å². The lowest BCUT2D eigenvalue weighted by atomic mass is 9.41. The predicted molar refractivity (Wildman–Crippen MR) is 129 cm³/mol. The summed E-state index contributed by atoms with van der Waals surface area (Å²) in [5, 5.41) is 22.3. The van der Waals surface area contributed by atoms with E-state index in [2.05, 4.69) is 47.6 Å². The number of ether oxygens (including phenoxy) is 1. The van der Waals surface area contributed by atoms with Gasteiger partial charge in [0.15, 0.2) is 0 Å². The van der Waals surface area contributed by atoms with Crippen molar-refractivity contribution < 1.29 is 19.7 Å². The molecule has 0 aromatic rings. The van der Waals surface area contributed by atoms with Crippen molar-refractivity contribution in [1.82, 2.24) is 0 Å². The van der Waals surface area contributed by atoms with Crippen LogP contribution in [0.5, 0.6) is 0 Å². The van der Waals surface area contributed by atoms with E-state index in [1.165, 1.54) is 11.1 Å². The smallest absolute Gasteiger partial charge is 0.334 e. The van der Waals surface area contributed by atoms with E-state index in [1.807, 2.05) is 0 Å². The van der Waals surface area contributed by atoms with Gasteiger partial charge in [0, 0.05) is 16.9 Å². The summed E-state index contributed by atoms with van der Waals surface area (Å²) in [7, 11) is 0. The van der Waals surface area contributed by atoms with Crippen LogP contribution in [0.1, 0.15) is 86.5 Å². The molecule has 0 radical (unpaired) electrons. The molecular formula is C29H44O4. The van der Waals surface area contributed by atoms with Crippen molar-refractivity contribution in [2.75, 3.05) is 0 Å². The van der Waals surface area contributed by atoms with Gasteiger partial charge in [-0.1, -0.05) is 39.3 Å². The Morgan fingerprint density at radius 3 is 2.48 bits per heavy atom. The summed E-state index contributed by atoms with van der Waals surface area (Å²) in [4.78, 5) is 13.2. The fourth-order valence-corrected chi connectivity index (χ4v) is 9.75. The number of aliphatic hydroxyl groups excluding tert-OH is 2. The van der Waals surface area contributed by atoms with Crippen molar-refractivity contribution in [2.24, 2.45) is 46.3 Å². The Labute approximate surface area is 199 Å². The van der Waals surface area contributed by atoms with Crippen LogP contribution in [-0.4, -0.2) is 34.5 Å². The third kappa shape index (κ3) is 3.19. The van der Waals surface area contributed by atoms with Gasteiger partial charge in [0.2, 0.25) is 0 Å². The first-order valence-corrected chi connectivity index (χ1v) is 13.4. The first kappa shape index (κ1) is 23.6. The SMILES string of the molecule is CC(C)=CCCC1=C2C(C)C(OC1=O)[C@@]1(C)[C@H]2C[C@@H](O)[C@@H]2[C@@H]1CCC1[C@H](C)[C@H](O)CC[C@@]12C. The van der Waals surface area contributed by atoms with Crippen molar-refractivity contribution in [3.63, 3.8) is 0 Å². The number of rotatable bonds is 3. The average molecular weight is 457 g/mol. The molecule has 0 saturated heterocycles. The molecule has 0 aromatic heterocycles. The molecule has 4 heteroatoms. The number of hydrogen-bond donors (Lipinski definition) is 2. The van der Waals surface area contributed by atoms with Crippen LogP contribution in [0.15, 0.2) is 22.8 Å². The topological polar surface area (TPSA) is 66.8 Å². The number of carbonyl (C=O) groups is 1. The van der Waals surface area contributed by atoms with E-state index in [0.29, 0.717) is 11.8 Å². The highest BCUT2D eigenvalue weighted by molar-refractivity contribution is 5.91. The lowest BCUT2D eigenvalue weighted by Gasteiger charge is -2.64. The van der Waals surface area contributed by atoms with E-state index >= 15 is 0 Å². The Morgan fingerprint density at radius 2 is 1.79 bits per heavy atom. The van der Waals surface area contributed by atoms with E-state index < -0.39 is 0 Å². The molecule has 11 atom stereocenters. The van der Waals surface area contributed by atoms with E-state index in [0.717, 1.165) is 50.5 Å². The summed E-state index contributed by atoms with van der Waals surface area (Å²) < 4.78 is 6.28. The minimum atomic E-state index is -0.350. The molecule has 5 rings (SSSR count). The van der Waals surface area contributed by atoms with Crippen LogP contribution in [0, 0.1) is 46.3 Å². The summed E-state index contributed by atoms with van der Waals surface area (Å²) >= 11 is 0. The zero-order valence-corrected chi connectivity index (χ0v) is 21.4. The fraction of sp³-hybridized carbons (Fsp3) is 0.828. The highest BCUT2D eigenvalue weighted by Gasteiger charge is 2.70. The highest BCUT2D eigenvalue weighted by atomic mass is 16.5. The minimum absolute atomic E-state index is 0.0412. The second kappa shape index (κ2) is 7.95. The fourth-order valence-electron chi connectivity index (χ4n) is 9.75. The summed E-state index contributed by atoms with van der Waals surface area (Å²) in [6, 6.07) is 0. The van der Waals surface area contributed by atoms with Crippen LogP contribution in [-0.2, 0) is 9.53 Å². The maximum absolute atomic E-state index is 13.2. The number of aliphatic hydroxyl groups is 2. The summed E-state index contributed by atoms with van der Waals surface area (Å²) in [6.45, 7) is 13.4. The van der Waals surface area contributed by atoms with Crippen molar-refractivity contribution in [3.8, 4) is 0 Å². The van der Waals surface area contributed by atoms with Crippen LogP contribution in [0.4, 0.5) is 0 Å². The Balaban J connectivity index is 1.54. The predicted octanol–water partition coefficient (Wildman–Crippen LogP) is 5.43. The molecule has 4 nitrogen and oxygen atoms in total. The van der Waals surface area contributed by atoms with Gasteiger partial charge in [-0.05, 0) is 99.4 Å². The largest absolute Gasteiger partial charge is 0.458 e. The van der Waals surface area contributed by atoms with E-state index in [9.17, 15) is 15.0 Å². The molecule has 1 aliphatic heterocycles. The van der Waals surface area contributed by atoms with E-state index in [-0.39, 0.29) is 58.8 Å². The van der Waals surface area contributed by atoms with Gasteiger partial charge < -0.3 is 14.9 Å². The number of carbonyl (C=O) groups excluding carboxylic acids is 1. The maximum atomic E-state index is 13.2. The number of fused-ring (bicyclic) bond motifs is 9. The van der Waals surface area contributed by atoms with Gasteiger partial charge in [-0.2, -0.15) is 0 Å². The van der Waals surface area contributed by atoms with E-state index in [4.69, 9.17) is 4.74 Å². The van der Waals surface area contributed by atoms with Crippen molar-refractivity contribution >= 4 is 5.97 Å². The van der Waals surface area contributed by atoms with Crippen LogP contribution in [0.2, 0.25) is 0 Å². The van der Waals surface area contributed by atoms with Crippen molar-refractivity contribution in [2.45, 2.75) is 105 Å². The normalized spacial score (nSPS) is 50.8. The molecule has 0 spiro atoms. The molecule has 2 bridgehead atoms. The molecule has 184 valence electrons. The zero-order chi connectivity index (χ0) is 23.9. The van der Waals surface area contributed by atoms with Crippen molar-refractivity contribution in [3.05, 3.63) is 22.8 Å². The van der Waals surface area contributed by atoms with Gasteiger partial charge in [0.05, 0.1) is 12.2 Å². The van der Waals surface area contributed by atoms with Gasteiger partial charge in [-0.3, -0.25) is 0 Å². The second-order valence-electron chi connectivity index (χ2n) is 12.9. The molecule has 33 heavy (non-hydrogen) atoms. The molecule has 4 fully saturated rings. The Bertz CT molecular complexity index is 884. The molecule has 5 aliphatic rings. The lowest BCUT2D eigenvalue weighted by molar-refractivity contribution is -0.211. The van der Waals surface area contributed by atoms with Crippen LogP contribution in [0.3, 0.4) is 0 Å². The summed E-state index contributed by atoms with van der Waals surface area (Å²) in [5.41, 5.74) is 3.40. The van der Waals surface area contributed by atoms with Crippen LogP contribution < -0.4 is 0 Å². The molecule has 3 unspecified atom stereocenters. The molecule has 4 aliphatic carbocycles. The van der Waals surface area contributed by atoms with Crippen LogP contribution >= 0.6 is 0 Å². The molecule has 0 aromatic carbocycles. The van der Waals surface area contributed by atoms with Crippen molar-refractivity contribution in [1.29, 1.82) is 0 Å². The van der Waals surface area contributed by atoms with Gasteiger partial charge in [-0.15, -0.1) is 0 Å². The molecule has 0 amide bonds. The number of hydrogen-bond acceptors (Lipinski definition) is 4. The molecule has 1 heterocycles. The monoisotopic (exact) mass is 456 g/mol. The number of allylic oxidation sites excluding steroid dienone is 2. The first-order chi connectivity index (χ1) is 15.5. The average Bonchev–Trinajstić information content (AvgIpc) is 2.89. The quantitative estimate of drug-likeness (QED) is 0.439. The second-order valence-corrected chi connectivity index (χ2v) is 12.9. The Hall–Kier alpha value is -1.13. The Kier molecular flexibility index (Phi) is 5.68. The third-order valence-corrected chi connectivity index (χ3v) is 11.2. The Morgan fingerprint density at radius 1 is 1.09 bits per heavy atom. The zero-order valence-electron chi connectivity index (χ0n) is 21.4. The third-order valence-electron chi connectivity index (χ3n) is 11.2. The minimum Gasteiger partial charge on any atom is -0.458 e. The molecule has 4 saturated carbocycles. The standard InChI is InChI=1S/C29H44O4/c1-15(2)8-7-9-18-24-17(4)26(33-27(18)32)29(6)20-11-10-19-16(3)22(30)12-13-28(19,5)25(20)23(31)14-21(24)29/h8,16-17,19-23,25-26,30-31H,7,9-14H2,1-6H3/t16-,17?,19?,20-,21-,22+,23+,25-,26?,28-,29+/m0/s1. The van der Waals surface area contributed by atoms with E-state index in [1.54, 1.807) is 0 Å². The lowest BCUT2D eigenvalue weighted by Crippen LogP contribution is -2.62. The van der Waals surface area contributed by atoms with Gasteiger partial charge >= 0.3 is 5.97 Å². The number of esters is 1. The van der Waals surface area contributed by atoms with Gasteiger partial charge in [0.25, 0.3) is 0 Å². The van der Waals surface area contributed by atoms with Gasteiger partial charge in [-0.25, -0.2) is 4.79 Å². The van der Waals surface area contributed by atoms with Crippen LogP contribution in [0.25, 0.3) is 0 Å². The maximum Gasteiger partial charge on any atom is 0.334 e. The first-order valence-electron chi connectivity index (χ1n) is 13.4. The summed E-state index contributed by atoms with van der Waals surface area (Å²) in [6.07, 6.45) is 7.89.